The van der Waals surface area contributed by atoms with Gasteiger partial charge in [0.15, 0.2) is 0 Å². The molecule has 1 N–H and O–H groups in total. The van der Waals surface area contributed by atoms with E-state index < -0.39 is 50.1 Å². The zero-order valence-electron chi connectivity index (χ0n) is 21.4. The highest BCUT2D eigenvalue weighted by Gasteiger charge is 2.52. The number of thiophene rings is 1. The van der Waals surface area contributed by atoms with E-state index >= 15 is 0 Å². The molecule has 0 amide bonds. The number of nitrogens with zero attached hydrogens (tertiary/aromatic N) is 1. The molecule has 116 valence electrons. The van der Waals surface area contributed by atoms with Gasteiger partial charge in [-0.2, -0.15) is 0 Å². The van der Waals surface area contributed by atoms with Gasteiger partial charge in [0.25, 0.3) is 0 Å². The molecule has 0 atom stereocenters. The molecule has 2 fully saturated rings. The van der Waals surface area contributed by atoms with Gasteiger partial charge in [0, 0.05) is 28.7 Å². The lowest BCUT2D eigenvalue weighted by Gasteiger charge is -2.32. The minimum Gasteiger partial charge on any atom is -0.399 e. The summed E-state index contributed by atoms with van der Waals surface area (Å²) in [6, 6.07) is 2.84. The Labute approximate surface area is 143 Å². The van der Waals surface area contributed by atoms with Gasteiger partial charge in [0.05, 0.1) is 23.7 Å². The molecule has 3 heterocycles. The van der Waals surface area contributed by atoms with E-state index in [4.69, 9.17) is 21.6 Å². The molecule has 0 spiro atoms. The second-order valence-electron chi connectivity index (χ2n) is 5.92. The van der Waals surface area contributed by atoms with E-state index in [0.717, 1.165) is 11.3 Å². The third-order valence-corrected chi connectivity index (χ3v) is 4.98. The van der Waals surface area contributed by atoms with Gasteiger partial charge in [-0.15, -0.1) is 11.3 Å². The van der Waals surface area contributed by atoms with Crippen molar-refractivity contribution in [3.63, 3.8) is 0 Å². The maximum Gasteiger partial charge on any atom is 0.505 e. The Hall–Kier alpha value is -0.555. The fourth-order valence-electron chi connectivity index (χ4n) is 1.94. The predicted octanol–water partition coefficient (Wildman–Crippen LogP) is 2.01. The van der Waals surface area contributed by atoms with Gasteiger partial charge in [0.2, 0.25) is 0 Å². The molecule has 0 saturated carbocycles. The number of rotatable bonds is 2. The summed E-state index contributed by atoms with van der Waals surface area (Å²) in [4.78, 5) is 0.322. The van der Waals surface area contributed by atoms with Gasteiger partial charge in [-0.3, -0.25) is 0 Å². The minimum absolute atomic E-state index is 0.127. The van der Waals surface area contributed by atoms with Crippen molar-refractivity contribution in [1.29, 1.82) is 0 Å². The van der Waals surface area contributed by atoms with E-state index in [9.17, 15) is 5.11 Å². The molecule has 2 aliphatic rings. The van der Waals surface area contributed by atoms with Crippen molar-refractivity contribution in [3.8, 4) is 0 Å². The highest BCUT2D eigenvalue weighted by Crippen LogP contribution is 2.37. The Kier molecular flexibility index (Phi) is 1.96. The molecule has 3 rings (SSSR count). The summed E-state index contributed by atoms with van der Waals surface area (Å²) < 4.78 is 85.0. The summed E-state index contributed by atoms with van der Waals surface area (Å²) in [5, 5.41) is 10.1. The molecule has 0 radical (unpaired) electrons. The number of hydrogen-bond acceptors (Lipinski definition) is 5. The van der Waals surface area contributed by atoms with E-state index in [0.29, 0.717) is 9.68 Å². The zero-order valence-corrected chi connectivity index (χ0v) is 13.2. The molecule has 0 unspecified atom stereocenters. The summed E-state index contributed by atoms with van der Waals surface area (Å²) in [6.07, 6.45) is -10.6. The first kappa shape index (κ1) is 7.82. The maximum atomic E-state index is 10.2. The number of anilines is 1. The normalized spacial score (nSPS) is 43.0. The van der Waals surface area contributed by atoms with Crippen molar-refractivity contribution >= 4 is 28.2 Å². The first-order valence-electron chi connectivity index (χ1n) is 11.1. The van der Waals surface area contributed by atoms with Crippen molar-refractivity contribution < 1.29 is 26.8 Å². The molecule has 1 aromatic heterocycles. The van der Waals surface area contributed by atoms with Crippen LogP contribution in [0, 0.1) is 0 Å². The maximum absolute atomic E-state index is 10.2. The Bertz CT molecular complexity index is 812. The van der Waals surface area contributed by atoms with Crippen LogP contribution >= 0.6 is 11.3 Å². The molecule has 6 heteroatoms. The van der Waals surface area contributed by atoms with Crippen molar-refractivity contribution in [2.24, 2.45) is 0 Å². The van der Waals surface area contributed by atoms with Crippen LogP contribution in [-0.4, -0.2) is 42.5 Å². The van der Waals surface area contributed by atoms with Crippen LogP contribution in [0.5, 0.6) is 0 Å². The lowest BCUT2D eigenvalue weighted by atomic mass is 9.88. The quantitative estimate of drug-likeness (QED) is 0.847. The molecule has 2 saturated heterocycles. The van der Waals surface area contributed by atoms with Crippen LogP contribution in [0.2, 0.25) is 0 Å². The van der Waals surface area contributed by atoms with Crippen molar-refractivity contribution in [2.75, 3.05) is 17.9 Å². The Morgan fingerprint density at radius 3 is 2.43 bits per heavy atom. The molecule has 0 aromatic carbocycles. The van der Waals surface area contributed by atoms with Gasteiger partial charge in [-0.05, 0) is 52.6 Å². The fourth-order valence-corrected chi connectivity index (χ4v) is 2.82. The summed E-state index contributed by atoms with van der Waals surface area (Å²) in [7, 11) is -0.822. The zero-order chi connectivity index (χ0) is 23.3. The van der Waals surface area contributed by atoms with Gasteiger partial charge in [0.1, 0.15) is 0 Å². The lowest BCUT2D eigenvalue weighted by molar-refractivity contribution is 0.00578. The largest absolute Gasteiger partial charge is 0.505 e. The lowest BCUT2D eigenvalue weighted by Crippen LogP contribution is -2.41. The molecular weight excluding hydrogens is 285 g/mol. The van der Waals surface area contributed by atoms with Crippen molar-refractivity contribution in [1.82, 2.24) is 0 Å². The van der Waals surface area contributed by atoms with E-state index in [2.05, 4.69) is 0 Å². The highest BCUT2D eigenvalue weighted by molar-refractivity contribution is 7.25. The van der Waals surface area contributed by atoms with Gasteiger partial charge >= 0.3 is 7.12 Å². The number of piperidine rings is 1. The van der Waals surface area contributed by atoms with E-state index in [1.54, 1.807) is 0 Å². The van der Waals surface area contributed by atoms with Gasteiger partial charge in [-0.25, -0.2) is 0 Å². The van der Waals surface area contributed by atoms with Crippen LogP contribution in [0.1, 0.15) is 52.8 Å². The Morgan fingerprint density at radius 1 is 1.29 bits per heavy atom. The molecule has 21 heavy (non-hydrogen) atoms. The predicted molar refractivity (Wildman–Crippen MR) is 87.5 cm³/mol. The van der Waals surface area contributed by atoms with Crippen molar-refractivity contribution in [3.05, 3.63) is 12.1 Å². The molecular formula is C15H24BNO3S. The standard InChI is InChI=1S/C15H24BNO3S/c1-14(2)15(3,4)20-16(19-14)12-5-6-13(21-12)17-9-7-11(18)8-10-17/h5-6,11,18H,7-10H2,1-4H3/i7D2,8D2,9D2,10D2,11D. The Balaban J connectivity index is 2.08. The van der Waals surface area contributed by atoms with Gasteiger partial charge in [-0.1, -0.05) is 0 Å². The first-order chi connectivity index (χ1) is 13.2. The van der Waals surface area contributed by atoms with E-state index in [1.807, 2.05) is 27.7 Å². The third kappa shape index (κ3) is 2.87. The van der Waals surface area contributed by atoms with Gasteiger partial charge < -0.3 is 19.3 Å². The van der Waals surface area contributed by atoms with E-state index in [-0.39, 0.29) is 5.00 Å². The highest BCUT2D eigenvalue weighted by atomic mass is 32.1. The number of aliphatic hydroxyl groups is 1. The molecule has 2 aliphatic heterocycles. The molecule has 0 aliphatic carbocycles. The second kappa shape index (κ2) is 5.27. The summed E-state index contributed by atoms with van der Waals surface area (Å²) >= 11 is 0.864. The van der Waals surface area contributed by atoms with Crippen LogP contribution in [0.4, 0.5) is 5.00 Å². The van der Waals surface area contributed by atoms with Crippen LogP contribution in [0.25, 0.3) is 0 Å². The average molecular weight is 318 g/mol. The monoisotopic (exact) mass is 318 g/mol. The molecule has 4 nitrogen and oxygen atoms in total. The van der Waals surface area contributed by atoms with Crippen LogP contribution in [0.3, 0.4) is 0 Å². The number of hydrogen-bond donors (Lipinski definition) is 1. The van der Waals surface area contributed by atoms with Crippen LogP contribution < -0.4 is 9.68 Å². The van der Waals surface area contributed by atoms with Crippen LogP contribution in [-0.2, 0) is 9.31 Å². The first-order valence-corrected chi connectivity index (χ1v) is 7.45. The second-order valence-corrected chi connectivity index (χ2v) is 7.02. The smallest absolute Gasteiger partial charge is 0.399 e. The summed E-state index contributed by atoms with van der Waals surface area (Å²) in [5.41, 5.74) is -1.29. The summed E-state index contributed by atoms with van der Waals surface area (Å²) in [6.45, 7) is 0.888. The molecule has 1 aromatic rings. The van der Waals surface area contributed by atoms with Crippen molar-refractivity contribution in [2.45, 2.75) is 57.7 Å². The summed E-state index contributed by atoms with van der Waals surface area (Å²) in [5.74, 6) is 0. The Morgan fingerprint density at radius 2 is 1.86 bits per heavy atom. The van der Waals surface area contributed by atoms with E-state index in [1.165, 1.54) is 12.1 Å². The molecule has 0 bridgehead atoms. The minimum atomic E-state index is -3.69. The third-order valence-electron chi connectivity index (χ3n) is 3.89. The fraction of sp³-hybridized carbons (Fsp3) is 0.733. The van der Waals surface area contributed by atoms with Crippen LogP contribution in [0.15, 0.2) is 12.1 Å². The topological polar surface area (TPSA) is 41.9 Å². The SMILES string of the molecule is [2H]C1([2H])N(c2ccc(B3OC(C)(C)C(C)(C)O3)s2)C([2H])([2H])C([2H])([2H])C([2H])(O)C1([2H])[2H]. The average Bonchev–Trinajstić information content (AvgIpc) is 3.08.